The Kier molecular flexibility index (Phi) is 5.26. The minimum Gasteiger partial charge on any atom is -0.497 e. The smallest absolute Gasteiger partial charge is 0.228 e. The maximum Gasteiger partial charge on any atom is 0.228 e. The van der Waals surface area contributed by atoms with Gasteiger partial charge in [0.1, 0.15) is 5.75 Å². The van der Waals surface area contributed by atoms with E-state index in [2.05, 4.69) is 10.6 Å². The van der Waals surface area contributed by atoms with Gasteiger partial charge in [0.05, 0.1) is 18.9 Å². The summed E-state index contributed by atoms with van der Waals surface area (Å²) in [5.41, 5.74) is 3.90. The van der Waals surface area contributed by atoms with Crippen LogP contribution in [0.2, 0.25) is 0 Å². The molecular weight excluding hydrogens is 328 g/mol. The molecule has 3 rings (SSSR count). The third-order valence-corrected chi connectivity index (χ3v) is 4.82. The molecule has 2 aromatic rings. The molecule has 1 aliphatic rings. The highest BCUT2D eigenvalue weighted by Gasteiger charge is 2.48. The van der Waals surface area contributed by atoms with E-state index in [4.69, 9.17) is 4.74 Å². The fourth-order valence-electron chi connectivity index (χ4n) is 3.07. The molecule has 2 aromatic carbocycles. The normalized spacial score (nSPS) is 18.1. The SMILES string of the molecule is COc1ccc(CNC(=O)C2CC2C(=O)Nc2c(C)cccc2C)cc1. The Labute approximate surface area is 153 Å². The molecule has 5 heteroatoms. The van der Waals surface area contributed by atoms with E-state index in [9.17, 15) is 9.59 Å². The largest absolute Gasteiger partial charge is 0.497 e. The summed E-state index contributed by atoms with van der Waals surface area (Å²) in [6.45, 7) is 4.38. The molecule has 5 nitrogen and oxygen atoms in total. The average molecular weight is 352 g/mol. The topological polar surface area (TPSA) is 67.4 Å². The van der Waals surface area contributed by atoms with Gasteiger partial charge >= 0.3 is 0 Å². The van der Waals surface area contributed by atoms with E-state index in [0.717, 1.165) is 28.1 Å². The van der Waals surface area contributed by atoms with Gasteiger partial charge in [0.25, 0.3) is 0 Å². The first-order chi connectivity index (χ1) is 12.5. The predicted molar refractivity (Wildman–Crippen MR) is 101 cm³/mol. The third kappa shape index (κ3) is 4.04. The number of hydrogen-bond donors (Lipinski definition) is 2. The van der Waals surface area contributed by atoms with Gasteiger partial charge in [0, 0.05) is 12.2 Å². The molecule has 1 aliphatic carbocycles. The summed E-state index contributed by atoms with van der Waals surface area (Å²) in [6.07, 6.45) is 0.602. The average Bonchev–Trinajstić information content (AvgIpc) is 3.44. The summed E-state index contributed by atoms with van der Waals surface area (Å²) in [6, 6.07) is 13.4. The zero-order valence-electron chi connectivity index (χ0n) is 15.3. The van der Waals surface area contributed by atoms with Crippen LogP contribution >= 0.6 is 0 Å². The first kappa shape index (κ1) is 18.0. The highest BCUT2D eigenvalue weighted by Crippen LogP contribution is 2.40. The van der Waals surface area contributed by atoms with Crippen LogP contribution in [-0.4, -0.2) is 18.9 Å². The zero-order valence-corrected chi connectivity index (χ0v) is 15.3. The molecule has 0 aliphatic heterocycles. The van der Waals surface area contributed by atoms with E-state index >= 15 is 0 Å². The molecule has 26 heavy (non-hydrogen) atoms. The summed E-state index contributed by atoms with van der Waals surface area (Å²) >= 11 is 0. The summed E-state index contributed by atoms with van der Waals surface area (Å²) in [5, 5.41) is 5.89. The highest BCUT2D eigenvalue weighted by molar-refractivity contribution is 6.00. The quantitative estimate of drug-likeness (QED) is 0.839. The van der Waals surface area contributed by atoms with Crippen LogP contribution in [0.5, 0.6) is 5.75 Å². The minimum absolute atomic E-state index is 0.0672. The van der Waals surface area contributed by atoms with Crippen LogP contribution in [0, 0.1) is 25.7 Å². The van der Waals surface area contributed by atoms with Gasteiger partial charge in [0.2, 0.25) is 11.8 Å². The number of rotatable bonds is 6. The number of para-hydroxylation sites is 1. The Morgan fingerprint density at radius 1 is 1.00 bits per heavy atom. The lowest BCUT2D eigenvalue weighted by atomic mass is 10.1. The first-order valence-electron chi connectivity index (χ1n) is 8.77. The third-order valence-electron chi connectivity index (χ3n) is 4.82. The van der Waals surface area contributed by atoms with E-state index < -0.39 is 0 Å². The number of benzene rings is 2. The van der Waals surface area contributed by atoms with Gasteiger partial charge in [-0.2, -0.15) is 0 Å². The Morgan fingerprint density at radius 3 is 2.23 bits per heavy atom. The number of ether oxygens (including phenoxy) is 1. The first-order valence-corrected chi connectivity index (χ1v) is 8.77. The maximum absolute atomic E-state index is 12.4. The lowest BCUT2D eigenvalue weighted by Gasteiger charge is -2.11. The number of carbonyl (C=O) groups is 2. The monoisotopic (exact) mass is 352 g/mol. The number of methoxy groups -OCH3 is 1. The van der Waals surface area contributed by atoms with Crippen LogP contribution < -0.4 is 15.4 Å². The minimum atomic E-state index is -0.245. The summed E-state index contributed by atoms with van der Waals surface area (Å²) in [4.78, 5) is 24.7. The number of hydrogen-bond acceptors (Lipinski definition) is 3. The molecule has 2 N–H and O–H groups in total. The van der Waals surface area contributed by atoms with E-state index in [-0.39, 0.29) is 23.7 Å². The Balaban J connectivity index is 1.51. The van der Waals surface area contributed by atoms with Crippen molar-refractivity contribution in [1.29, 1.82) is 0 Å². The number of anilines is 1. The molecule has 0 aromatic heterocycles. The standard InChI is InChI=1S/C21H24N2O3/c1-13-5-4-6-14(2)19(13)23-21(25)18-11-17(18)20(24)22-12-15-7-9-16(26-3)10-8-15/h4-10,17-18H,11-12H2,1-3H3,(H,22,24)(H,23,25). The molecule has 136 valence electrons. The molecule has 2 atom stereocenters. The second-order valence-electron chi connectivity index (χ2n) is 6.77. The number of nitrogens with one attached hydrogen (secondary N) is 2. The Bertz CT molecular complexity index is 794. The fraction of sp³-hybridized carbons (Fsp3) is 0.333. The maximum atomic E-state index is 12.4. The van der Waals surface area contributed by atoms with Crippen LogP contribution in [0.15, 0.2) is 42.5 Å². The fourth-order valence-corrected chi connectivity index (χ4v) is 3.07. The summed E-state index contributed by atoms with van der Waals surface area (Å²) in [7, 11) is 1.62. The van der Waals surface area contributed by atoms with Gasteiger partial charge in [-0.3, -0.25) is 9.59 Å². The van der Waals surface area contributed by atoms with Gasteiger partial charge in [0.15, 0.2) is 0 Å². The predicted octanol–water partition coefficient (Wildman–Crippen LogP) is 3.20. The highest BCUT2D eigenvalue weighted by atomic mass is 16.5. The van der Waals surface area contributed by atoms with Crippen molar-refractivity contribution in [2.45, 2.75) is 26.8 Å². The van der Waals surface area contributed by atoms with Crippen molar-refractivity contribution in [2.24, 2.45) is 11.8 Å². The van der Waals surface area contributed by atoms with Crippen LogP contribution in [0.1, 0.15) is 23.1 Å². The second-order valence-corrected chi connectivity index (χ2v) is 6.77. The van der Waals surface area contributed by atoms with Crippen molar-refractivity contribution >= 4 is 17.5 Å². The Hall–Kier alpha value is -2.82. The molecule has 2 unspecified atom stereocenters. The van der Waals surface area contributed by atoms with Gasteiger partial charge in [-0.05, 0) is 49.1 Å². The lowest BCUT2D eigenvalue weighted by Crippen LogP contribution is -2.27. The second kappa shape index (κ2) is 7.60. The zero-order chi connectivity index (χ0) is 18.7. The van der Waals surface area contributed by atoms with E-state index in [1.807, 2.05) is 56.3 Å². The van der Waals surface area contributed by atoms with Crippen molar-refractivity contribution in [3.05, 3.63) is 59.2 Å². The molecule has 2 amide bonds. The molecule has 0 bridgehead atoms. The number of carbonyl (C=O) groups excluding carboxylic acids is 2. The van der Waals surface area contributed by atoms with Gasteiger partial charge < -0.3 is 15.4 Å². The van der Waals surface area contributed by atoms with E-state index in [1.165, 1.54) is 0 Å². The van der Waals surface area contributed by atoms with Crippen molar-refractivity contribution < 1.29 is 14.3 Å². The summed E-state index contributed by atoms with van der Waals surface area (Å²) < 4.78 is 5.12. The van der Waals surface area contributed by atoms with Crippen LogP contribution in [0.4, 0.5) is 5.69 Å². The molecule has 1 saturated carbocycles. The van der Waals surface area contributed by atoms with E-state index in [0.29, 0.717) is 13.0 Å². The van der Waals surface area contributed by atoms with Crippen molar-refractivity contribution in [2.75, 3.05) is 12.4 Å². The Morgan fingerprint density at radius 2 is 1.62 bits per heavy atom. The van der Waals surface area contributed by atoms with Crippen molar-refractivity contribution in [3.63, 3.8) is 0 Å². The van der Waals surface area contributed by atoms with Crippen LogP contribution in [0.25, 0.3) is 0 Å². The summed E-state index contributed by atoms with van der Waals surface area (Å²) in [5.74, 6) is 0.155. The lowest BCUT2D eigenvalue weighted by molar-refractivity contribution is -0.125. The van der Waals surface area contributed by atoms with Gasteiger partial charge in [-0.25, -0.2) is 0 Å². The number of aryl methyl sites for hydroxylation is 2. The van der Waals surface area contributed by atoms with Crippen LogP contribution in [0.3, 0.4) is 0 Å². The van der Waals surface area contributed by atoms with E-state index in [1.54, 1.807) is 7.11 Å². The molecule has 0 spiro atoms. The molecular formula is C21H24N2O3. The number of amides is 2. The molecule has 1 fully saturated rings. The van der Waals surface area contributed by atoms with Crippen LogP contribution in [-0.2, 0) is 16.1 Å². The molecule has 0 radical (unpaired) electrons. The molecule has 0 saturated heterocycles. The van der Waals surface area contributed by atoms with Gasteiger partial charge in [-0.1, -0.05) is 30.3 Å². The molecule has 0 heterocycles. The van der Waals surface area contributed by atoms with Crippen molar-refractivity contribution in [1.82, 2.24) is 5.32 Å². The van der Waals surface area contributed by atoms with Gasteiger partial charge in [-0.15, -0.1) is 0 Å². The van der Waals surface area contributed by atoms with Crippen molar-refractivity contribution in [3.8, 4) is 5.75 Å².